The van der Waals surface area contributed by atoms with Crippen LogP contribution in [0, 0.1) is 11.7 Å². The first-order valence-corrected chi connectivity index (χ1v) is 18.9. The minimum absolute atomic E-state index is 0.0264. The summed E-state index contributed by atoms with van der Waals surface area (Å²) in [4.78, 5) is 55.4. The average Bonchev–Trinajstić information content (AvgIpc) is 3.15. The zero-order valence-corrected chi connectivity index (χ0v) is 30.5. The monoisotopic (exact) mass is 752 g/mol. The van der Waals surface area contributed by atoms with Crippen LogP contribution in [-0.2, 0) is 35.7 Å². The molecule has 3 aromatic rings. The highest BCUT2D eigenvalue weighted by Crippen LogP contribution is 2.35. The first kappa shape index (κ1) is 40.4. The standard InChI is InChI=1S/C37H45FN6O8S/c1-3-25-19-22-44(23-20-25)34(46)30(17-11-21-40-36(47)52-35(39)42-37(48)51-24-26-12-6-5-7-13-26)43-53(49,50)31-18-10-15-28(33(31)41-32(45)4-2)27-14-8-9-16-29(27)38/h5-10,12-16,18,25,30,43H,3-4,11,17,19-24H2,1-2H3,(H,40,47)(H,41,45)(H2,39,42,48)/t30-/m0/s1. The van der Waals surface area contributed by atoms with Crippen molar-refractivity contribution < 1.29 is 41.5 Å². The number of anilines is 1. The largest absolute Gasteiger partial charge is 0.443 e. The third kappa shape index (κ3) is 11.8. The molecular formula is C37H45FN6O8S. The molecule has 1 atom stereocenters. The van der Waals surface area contributed by atoms with Gasteiger partial charge in [0.1, 0.15) is 23.4 Å². The topological polar surface area (TPSA) is 199 Å². The molecule has 1 aliphatic rings. The van der Waals surface area contributed by atoms with Crippen molar-refractivity contribution in [1.29, 1.82) is 0 Å². The van der Waals surface area contributed by atoms with Gasteiger partial charge in [-0.2, -0.15) is 4.72 Å². The van der Waals surface area contributed by atoms with Gasteiger partial charge in [-0.15, -0.1) is 4.99 Å². The number of piperidine rings is 1. The second-order valence-electron chi connectivity index (χ2n) is 12.4. The summed E-state index contributed by atoms with van der Waals surface area (Å²) >= 11 is 0. The lowest BCUT2D eigenvalue weighted by molar-refractivity contribution is -0.134. The first-order chi connectivity index (χ1) is 25.4. The number of hydrogen-bond acceptors (Lipinski definition) is 8. The van der Waals surface area contributed by atoms with Gasteiger partial charge in [-0.3, -0.25) is 9.59 Å². The second-order valence-corrected chi connectivity index (χ2v) is 14.0. The van der Waals surface area contributed by atoms with E-state index in [4.69, 9.17) is 15.2 Å². The third-order valence-corrected chi connectivity index (χ3v) is 10.2. The highest BCUT2D eigenvalue weighted by atomic mass is 32.2. The van der Waals surface area contributed by atoms with Gasteiger partial charge < -0.3 is 30.7 Å². The lowest BCUT2D eigenvalue weighted by atomic mass is 9.94. The summed E-state index contributed by atoms with van der Waals surface area (Å²) in [6.45, 7) is 4.46. The number of rotatable bonds is 14. The number of carbonyl (C=O) groups is 4. The van der Waals surface area contributed by atoms with Crippen LogP contribution in [-0.4, -0.2) is 69.0 Å². The van der Waals surface area contributed by atoms with E-state index in [0.717, 1.165) is 24.8 Å². The van der Waals surface area contributed by atoms with Crippen LogP contribution in [0.1, 0.15) is 57.9 Å². The van der Waals surface area contributed by atoms with Crippen LogP contribution in [0.25, 0.3) is 11.1 Å². The Hall–Kier alpha value is -5.35. The van der Waals surface area contributed by atoms with E-state index in [0.29, 0.717) is 19.0 Å². The van der Waals surface area contributed by atoms with Gasteiger partial charge in [0.2, 0.25) is 21.8 Å². The van der Waals surface area contributed by atoms with Crippen LogP contribution in [0.3, 0.4) is 0 Å². The predicted octanol–water partition coefficient (Wildman–Crippen LogP) is 5.29. The zero-order chi connectivity index (χ0) is 38.4. The van der Waals surface area contributed by atoms with E-state index in [-0.39, 0.29) is 54.1 Å². The maximum atomic E-state index is 14.9. The Labute approximate surface area is 308 Å². The molecular weight excluding hydrogens is 708 g/mol. The molecule has 4 amide bonds. The number of ether oxygens (including phenoxy) is 2. The molecule has 0 unspecified atom stereocenters. The molecule has 5 N–H and O–H groups in total. The number of nitrogens with two attached hydrogens (primary N) is 1. The summed E-state index contributed by atoms with van der Waals surface area (Å²) < 4.78 is 55.4. The summed E-state index contributed by atoms with van der Waals surface area (Å²) in [6, 6.07) is 16.8. The number of carbonyl (C=O) groups excluding carboxylic acids is 4. The van der Waals surface area contributed by atoms with Crippen LogP contribution in [0.4, 0.5) is 19.7 Å². The number of halogens is 1. The van der Waals surface area contributed by atoms with Crippen LogP contribution in [0.2, 0.25) is 0 Å². The van der Waals surface area contributed by atoms with E-state index in [9.17, 15) is 32.0 Å². The van der Waals surface area contributed by atoms with Crippen molar-refractivity contribution in [2.75, 3.05) is 25.0 Å². The molecule has 3 aromatic carbocycles. The SMILES string of the molecule is CCC(=O)Nc1c(-c2ccccc2F)cccc1S(=O)(=O)N[C@@H](CCCNC(=O)OC(N)=NC(=O)OCc1ccccc1)C(=O)N1CCC(CC)CC1. The number of aliphatic imine (C=N–C) groups is 1. The van der Waals surface area contributed by atoms with E-state index in [1.165, 1.54) is 36.4 Å². The number of sulfonamides is 1. The molecule has 16 heteroatoms. The molecule has 1 aliphatic heterocycles. The van der Waals surface area contributed by atoms with Crippen molar-refractivity contribution in [1.82, 2.24) is 14.9 Å². The van der Waals surface area contributed by atoms with E-state index < -0.39 is 51.9 Å². The number of benzene rings is 3. The third-order valence-electron chi connectivity index (χ3n) is 8.71. The number of nitrogens with one attached hydrogen (secondary N) is 3. The number of hydrogen-bond donors (Lipinski definition) is 4. The van der Waals surface area contributed by atoms with Crippen molar-refractivity contribution in [2.45, 2.75) is 69.9 Å². The number of nitrogens with zero attached hydrogens (tertiary/aromatic N) is 2. The molecule has 0 spiro atoms. The molecule has 14 nitrogen and oxygen atoms in total. The predicted molar refractivity (Wildman–Crippen MR) is 196 cm³/mol. The lowest BCUT2D eigenvalue weighted by Crippen LogP contribution is -2.51. The maximum absolute atomic E-state index is 14.9. The number of amides is 4. The Balaban J connectivity index is 1.47. The quantitative estimate of drug-likeness (QED) is 0.0960. The molecule has 4 rings (SSSR count). The molecule has 0 saturated carbocycles. The van der Waals surface area contributed by atoms with E-state index in [1.807, 2.05) is 6.07 Å². The zero-order valence-electron chi connectivity index (χ0n) is 29.7. The normalized spacial score (nSPS) is 14.2. The van der Waals surface area contributed by atoms with Crippen molar-refractivity contribution in [3.05, 3.63) is 84.2 Å². The second kappa shape index (κ2) is 19.5. The first-order valence-electron chi connectivity index (χ1n) is 17.4. The highest BCUT2D eigenvalue weighted by molar-refractivity contribution is 7.89. The minimum Gasteiger partial charge on any atom is -0.443 e. The molecule has 0 aliphatic carbocycles. The molecule has 0 bridgehead atoms. The van der Waals surface area contributed by atoms with Crippen molar-refractivity contribution in [3.63, 3.8) is 0 Å². The lowest BCUT2D eigenvalue weighted by Gasteiger charge is -2.34. The summed E-state index contributed by atoms with van der Waals surface area (Å²) in [5, 5.41) is 5.05. The van der Waals surface area contributed by atoms with Gasteiger partial charge in [-0.1, -0.05) is 80.9 Å². The number of likely N-dealkylation sites (tertiary alicyclic amines) is 1. The van der Waals surface area contributed by atoms with E-state index in [1.54, 1.807) is 42.2 Å². The van der Waals surface area contributed by atoms with Crippen LogP contribution < -0.4 is 21.1 Å². The van der Waals surface area contributed by atoms with Gasteiger partial charge in [0.15, 0.2) is 0 Å². The smallest absolute Gasteiger partial charge is 0.438 e. The summed E-state index contributed by atoms with van der Waals surface area (Å²) in [5.41, 5.74) is 6.38. The minimum atomic E-state index is -4.51. The maximum Gasteiger partial charge on any atom is 0.438 e. The van der Waals surface area contributed by atoms with Crippen molar-refractivity contribution in [3.8, 4) is 11.1 Å². The Morgan fingerprint density at radius 2 is 1.64 bits per heavy atom. The Morgan fingerprint density at radius 1 is 0.962 bits per heavy atom. The summed E-state index contributed by atoms with van der Waals surface area (Å²) in [5.74, 6) is -1.10. The fraction of sp³-hybridized carbons (Fsp3) is 0.378. The number of para-hydroxylation sites is 1. The van der Waals surface area contributed by atoms with Crippen LogP contribution in [0.5, 0.6) is 0 Å². The van der Waals surface area contributed by atoms with E-state index >= 15 is 0 Å². The van der Waals surface area contributed by atoms with Gasteiger partial charge in [0.25, 0.3) is 0 Å². The fourth-order valence-corrected chi connectivity index (χ4v) is 7.18. The molecule has 0 aromatic heterocycles. The molecule has 1 saturated heterocycles. The average molecular weight is 753 g/mol. The van der Waals surface area contributed by atoms with Gasteiger partial charge in [-0.25, -0.2) is 22.4 Å². The molecule has 0 radical (unpaired) electrons. The van der Waals surface area contributed by atoms with E-state index in [2.05, 4.69) is 27.3 Å². The number of alkyl carbamates (subject to hydrolysis) is 1. The van der Waals surface area contributed by atoms with Gasteiger partial charge in [0.05, 0.1) is 5.69 Å². The highest BCUT2D eigenvalue weighted by Gasteiger charge is 2.33. The Bertz CT molecular complexity index is 1880. The summed E-state index contributed by atoms with van der Waals surface area (Å²) in [6.07, 6.45) is 0.523. The van der Waals surface area contributed by atoms with Crippen molar-refractivity contribution >= 4 is 45.7 Å². The van der Waals surface area contributed by atoms with Crippen LogP contribution >= 0.6 is 0 Å². The van der Waals surface area contributed by atoms with Gasteiger partial charge in [0, 0.05) is 37.2 Å². The molecule has 1 heterocycles. The van der Waals surface area contributed by atoms with Gasteiger partial charge >= 0.3 is 18.2 Å². The molecule has 1 fully saturated rings. The number of amidine groups is 1. The fourth-order valence-electron chi connectivity index (χ4n) is 5.77. The Morgan fingerprint density at radius 3 is 2.32 bits per heavy atom. The van der Waals surface area contributed by atoms with Gasteiger partial charge in [-0.05, 0) is 49.3 Å². The molecule has 284 valence electrons. The van der Waals surface area contributed by atoms with Crippen molar-refractivity contribution in [2.24, 2.45) is 16.6 Å². The summed E-state index contributed by atoms with van der Waals surface area (Å²) in [7, 11) is -4.51. The molecule has 53 heavy (non-hydrogen) atoms. The van der Waals surface area contributed by atoms with Crippen LogP contribution in [0.15, 0.2) is 82.7 Å². The Kier molecular flexibility index (Phi) is 14.9.